The van der Waals surface area contributed by atoms with Crippen molar-refractivity contribution >= 4 is 11.6 Å². The average Bonchev–Trinajstić information content (AvgIpc) is 2.51. The monoisotopic (exact) mass is 302 g/mol. The Kier molecular flexibility index (Phi) is 6.21. The summed E-state index contributed by atoms with van der Waals surface area (Å²) in [6.45, 7) is 6.14. The molecule has 2 nitrogen and oxygen atoms in total. The van der Waals surface area contributed by atoms with E-state index in [0.717, 1.165) is 48.6 Å². The molecule has 1 aromatic carbocycles. The molecule has 0 aliphatic rings. The van der Waals surface area contributed by atoms with Crippen LogP contribution in [0.5, 0.6) is 0 Å². The second-order valence-electron chi connectivity index (χ2n) is 5.29. The van der Waals surface area contributed by atoms with Crippen molar-refractivity contribution in [3.05, 3.63) is 63.9 Å². The van der Waals surface area contributed by atoms with Gasteiger partial charge in [0, 0.05) is 29.9 Å². The number of rotatable bonds is 7. The predicted octanol–water partition coefficient (Wildman–Crippen LogP) is 4.39. The Morgan fingerprint density at radius 2 is 1.90 bits per heavy atom. The first kappa shape index (κ1) is 16.0. The molecule has 112 valence electrons. The zero-order valence-corrected chi connectivity index (χ0v) is 13.6. The molecule has 1 heterocycles. The maximum Gasteiger partial charge on any atom is 0.0451 e. The molecule has 0 atom stereocenters. The molecule has 0 aliphatic carbocycles. The lowest BCUT2D eigenvalue weighted by molar-refractivity contribution is 0.675. The van der Waals surface area contributed by atoms with Gasteiger partial charge >= 0.3 is 0 Å². The van der Waals surface area contributed by atoms with E-state index in [0.29, 0.717) is 0 Å². The number of pyridine rings is 1. The van der Waals surface area contributed by atoms with Crippen LogP contribution in [0.3, 0.4) is 0 Å². The summed E-state index contributed by atoms with van der Waals surface area (Å²) in [5, 5.41) is 4.23. The van der Waals surface area contributed by atoms with Crippen molar-refractivity contribution in [2.24, 2.45) is 0 Å². The lowest BCUT2D eigenvalue weighted by atomic mass is 10.1. The number of hydrogen-bond acceptors (Lipinski definition) is 2. The highest BCUT2D eigenvalue weighted by Crippen LogP contribution is 2.19. The van der Waals surface area contributed by atoms with Crippen LogP contribution in [-0.2, 0) is 19.4 Å². The first-order chi connectivity index (χ1) is 10.2. The van der Waals surface area contributed by atoms with Crippen LogP contribution in [0.4, 0.5) is 0 Å². The minimum Gasteiger partial charge on any atom is -0.313 e. The fourth-order valence-corrected chi connectivity index (χ4v) is 2.44. The number of nitrogens with one attached hydrogen (secondary N) is 1. The van der Waals surface area contributed by atoms with Gasteiger partial charge in [-0.25, -0.2) is 0 Å². The van der Waals surface area contributed by atoms with Crippen molar-refractivity contribution in [1.29, 1.82) is 0 Å². The molecule has 3 heteroatoms. The first-order valence-corrected chi connectivity index (χ1v) is 8.02. The molecule has 21 heavy (non-hydrogen) atoms. The molecular formula is C18H23ClN2. The molecule has 0 saturated carbocycles. The Morgan fingerprint density at radius 1 is 1.10 bits per heavy atom. The maximum atomic E-state index is 6.26. The maximum absolute atomic E-state index is 6.26. The van der Waals surface area contributed by atoms with Gasteiger partial charge < -0.3 is 5.32 Å². The van der Waals surface area contributed by atoms with E-state index < -0.39 is 0 Å². The minimum atomic E-state index is 0.822. The quantitative estimate of drug-likeness (QED) is 0.767. The van der Waals surface area contributed by atoms with Gasteiger partial charge in [-0.1, -0.05) is 43.6 Å². The molecule has 1 aromatic heterocycles. The van der Waals surface area contributed by atoms with E-state index in [2.05, 4.69) is 48.4 Å². The Labute approximate surface area is 132 Å². The van der Waals surface area contributed by atoms with Crippen LogP contribution in [0.25, 0.3) is 0 Å². The van der Waals surface area contributed by atoms with Crippen molar-refractivity contribution in [3.63, 3.8) is 0 Å². The molecule has 0 bridgehead atoms. The fraction of sp³-hybridized carbons (Fsp3) is 0.389. The minimum absolute atomic E-state index is 0.822. The van der Waals surface area contributed by atoms with Gasteiger partial charge in [0.15, 0.2) is 0 Å². The van der Waals surface area contributed by atoms with Gasteiger partial charge in [-0.3, -0.25) is 4.98 Å². The Hall–Kier alpha value is -1.38. The van der Waals surface area contributed by atoms with E-state index in [1.54, 1.807) is 0 Å². The number of hydrogen-bond donors (Lipinski definition) is 1. The molecule has 2 rings (SSSR count). The predicted molar refractivity (Wildman–Crippen MR) is 89.9 cm³/mol. The smallest absolute Gasteiger partial charge is 0.0451 e. The zero-order valence-electron chi connectivity index (χ0n) is 12.8. The summed E-state index contributed by atoms with van der Waals surface area (Å²) in [5.41, 5.74) is 4.79. The number of halogens is 1. The van der Waals surface area contributed by atoms with Crippen molar-refractivity contribution in [1.82, 2.24) is 10.3 Å². The molecule has 0 radical (unpaired) electrons. The second kappa shape index (κ2) is 8.16. The third kappa shape index (κ3) is 4.83. The molecule has 0 amide bonds. The third-order valence-corrected chi connectivity index (χ3v) is 3.90. The fourth-order valence-electron chi connectivity index (χ4n) is 2.25. The molecular weight excluding hydrogens is 280 g/mol. The van der Waals surface area contributed by atoms with Crippen LogP contribution in [-0.4, -0.2) is 11.5 Å². The zero-order chi connectivity index (χ0) is 15.1. The summed E-state index contributed by atoms with van der Waals surface area (Å²) in [4.78, 5) is 4.52. The van der Waals surface area contributed by atoms with E-state index in [1.165, 1.54) is 11.1 Å². The molecule has 0 spiro atoms. The molecule has 0 saturated heterocycles. The Bertz CT molecular complexity index is 564. The summed E-state index contributed by atoms with van der Waals surface area (Å²) in [5.74, 6) is 0. The number of nitrogens with zero attached hydrogens (tertiary/aromatic N) is 1. The van der Waals surface area contributed by atoms with E-state index in [-0.39, 0.29) is 0 Å². The summed E-state index contributed by atoms with van der Waals surface area (Å²) < 4.78 is 0. The van der Waals surface area contributed by atoms with Gasteiger partial charge in [-0.2, -0.15) is 0 Å². The van der Waals surface area contributed by atoms with Gasteiger partial charge in [-0.05, 0) is 48.2 Å². The Balaban J connectivity index is 2.06. The molecule has 0 unspecified atom stereocenters. The lowest BCUT2D eigenvalue weighted by Gasteiger charge is -2.09. The summed E-state index contributed by atoms with van der Waals surface area (Å²) in [6.07, 6.45) is 4.98. The van der Waals surface area contributed by atoms with Crippen molar-refractivity contribution in [2.45, 2.75) is 39.7 Å². The topological polar surface area (TPSA) is 24.9 Å². The molecule has 1 N–H and O–H groups in total. The van der Waals surface area contributed by atoms with Crippen LogP contribution in [0, 0.1) is 0 Å². The van der Waals surface area contributed by atoms with Crippen molar-refractivity contribution < 1.29 is 0 Å². The van der Waals surface area contributed by atoms with Crippen LogP contribution in [0.15, 0.2) is 36.5 Å². The lowest BCUT2D eigenvalue weighted by Crippen LogP contribution is -2.14. The second-order valence-corrected chi connectivity index (χ2v) is 5.70. The summed E-state index contributed by atoms with van der Waals surface area (Å²) in [7, 11) is 0. The van der Waals surface area contributed by atoms with E-state index in [4.69, 9.17) is 11.6 Å². The highest BCUT2D eigenvalue weighted by Gasteiger charge is 2.04. The third-order valence-electron chi connectivity index (χ3n) is 3.53. The molecule has 0 aliphatic heterocycles. The molecule has 2 aromatic rings. The van der Waals surface area contributed by atoms with Crippen molar-refractivity contribution in [2.75, 3.05) is 6.54 Å². The first-order valence-electron chi connectivity index (χ1n) is 7.64. The van der Waals surface area contributed by atoms with Crippen LogP contribution >= 0.6 is 11.6 Å². The standard InChI is InChI=1S/C18H23ClN2/c1-3-9-20-13-16-10-15(6-8-18(16)19)11-17-7-5-14(4-2)12-21-17/h5-8,10,12,20H,3-4,9,11,13H2,1-2H3. The number of benzene rings is 1. The highest BCUT2D eigenvalue weighted by atomic mass is 35.5. The summed E-state index contributed by atoms with van der Waals surface area (Å²) in [6, 6.07) is 10.5. The van der Waals surface area contributed by atoms with Gasteiger partial charge in [0.2, 0.25) is 0 Å². The number of aromatic nitrogens is 1. The largest absolute Gasteiger partial charge is 0.313 e. The highest BCUT2D eigenvalue weighted by molar-refractivity contribution is 6.31. The SMILES string of the molecule is CCCNCc1cc(Cc2ccc(CC)cn2)ccc1Cl. The van der Waals surface area contributed by atoms with E-state index in [9.17, 15) is 0 Å². The van der Waals surface area contributed by atoms with E-state index in [1.807, 2.05) is 12.3 Å². The molecule has 0 fully saturated rings. The van der Waals surface area contributed by atoms with Crippen LogP contribution < -0.4 is 5.32 Å². The van der Waals surface area contributed by atoms with E-state index >= 15 is 0 Å². The number of aryl methyl sites for hydroxylation is 1. The van der Waals surface area contributed by atoms with Gasteiger partial charge in [0.05, 0.1) is 0 Å². The normalized spacial score (nSPS) is 10.8. The van der Waals surface area contributed by atoms with Crippen LogP contribution in [0.1, 0.15) is 42.7 Å². The summed E-state index contributed by atoms with van der Waals surface area (Å²) >= 11 is 6.26. The van der Waals surface area contributed by atoms with Gasteiger partial charge in [0.1, 0.15) is 0 Å². The average molecular weight is 303 g/mol. The van der Waals surface area contributed by atoms with Gasteiger partial charge in [-0.15, -0.1) is 0 Å². The van der Waals surface area contributed by atoms with Crippen LogP contribution in [0.2, 0.25) is 5.02 Å². The van der Waals surface area contributed by atoms with Crippen molar-refractivity contribution in [3.8, 4) is 0 Å². The Morgan fingerprint density at radius 3 is 2.57 bits per heavy atom. The van der Waals surface area contributed by atoms with Gasteiger partial charge in [0.25, 0.3) is 0 Å².